The van der Waals surface area contributed by atoms with Gasteiger partial charge in [-0.05, 0) is 45.4 Å². The normalized spacial score (nSPS) is 11.1. The lowest BCUT2D eigenvalue weighted by atomic mass is 9.97. The fourth-order valence-corrected chi connectivity index (χ4v) is 2.82. The Hall–Kier alpha value is -3.13. The average molecular weight is 402 g/mol. The number of nitrogens with one attached hydrogen (secondary N) is 2. The molecule has 156 valence electrons. The van der Waals surface area contributed by atoms with Gasteiger partial charge >= 0.3 is 5.97 Å². The van der Waals surface area contributed by atoms with Gasteiger partial charge in [-0.15, -0.1) is 0 Å². The van der Waals surface area contributed by atoms with Crippen LogP contribution in [0.2, 0.25) is 0 Å². The van der Waals surface area contributed by atoms with Crippen molar-refractivity contribution in [3.63, 3.8) is 0 Å². The van der Waals surface area contributed by atoms with Gasteiger partial charge in [0.15, 0.2) is 0 Å². The first-order chi connectivity index (χ1) is 13.6. The number of carbonyl (C=O) groups excluding carboxylic acids is 3. The first-order valence-corrected chi connectivity index (χ1v) is 9.17. The highest BCUT2D eigenvalue weighted by Gasteiger charge is 2.31. The van der Waals surface area contributed by atoms with Gasteiger partial charge in [-0.3, -0.25) is 9.59 Å². The van der Waals surface area contributed by atoms with E-state index in [0.29, 0.717) is 17.0 Å². The first kappa shape index (κ1) is 22.2. The summed E-state index contributed by atoms with van der Waals surface area (Å²) in [6, 6.07) is 6.76. The number of esters is 1. The molecule has 0 saturated carbocycles. The SMILES string of the molecule is CCOC(=O)c1c(C)[nH]c(C(=O)C(=O)NC(C)(C)CO)c1-c1ccc(OC)cc1. The van der Waals surface area contributed by atoms with Gasteiger partial charge in [0.25, 0.3) is 11.7 Å². The number of methoxy groups -OCH3 is 1. The average Bonchev–Trinajstić information content (AvgIpc) is 3.04. The summed E-state index contributed by atoms with van der Waals surface area (Å²) in [4.78, 5) is 40.8. The van der Waals surface area contributed by atoms with E-state index in [9.17, 15) is 19.5 Å². The molecule has 1 aromatic carbocycles. The second-order valence-corrected chi connectivity index (χ2v) is 7.15. The van der Waals surface area contributed by atoms with Crippen LogP contribution >= 0.6 is 0 Å². The minimum Gasteiger partial charge on any atom is -0.497 e. The number of hydrogen-bond donors (Lipinski definition) is 3. The summed E-state index contributed by atoms with van der Waals surface area (Å²) in [7, 11) is 1.53. The van der Waals surface area contributed by atoms with Gasteiger partial charge in [0.1, 0.15) is 11.4 Å². The zero-order valence-corrected chi connectivity index (χ0v) is 17.2. The van der Waals surface area contributed by atoms with Crippen molar-refractivity contribution in [3.8, 4) is 16.9 Å². The number of aromatic amines is 1. The predicted molar refractivity (Wildman–Crippen MR) is 107 cm³/mol. The van der Waals surface area contributed by atoms with E-state index in [1.807, 2.05) is 0 Å². The number of aromatic nitrogens is 1. The van der Waals surface area contributed by atoms with Gasteiger partial charge in [0, 0.05) is 11.3 Å². The Morgan fingerprint density at radius 2 is 1.79 bits per heavy atom. The van der Waals surface area contributed by atoms with E-state index in [0.717, 1.165) is 0 Å². The van der Waals surface area contributed by atoms with Crippen LogP contribution in [0.25, 0.3) is 11.1 Å². The van der Waals surface area contributed by atoms with Gasteiger partial charge in [-0.25, -0.2) is 4.79 Å². The first-order valence-electron chi connectivity index (χ1n) is 9.17. The summed E-state index contributed by atoms with van der Waals surface area (Å²) in [5.74, 6) is -1.73. The fourth-order valence-electron chi connectivity index (χ4n) is 2.82. The number of hydrogen-bond acceptors (Lipinski definition) is 6. The Balaban J connectivity index is 2.59. The smallest absolute Gasteiger partial charge is 0.340 e. The van der Waals surface area contributed by atoms with E-state index in [-0.39, 0.29) is 30.0 Å². The third kappa shape index (κ3) is 4.83. The van der Waals surface area contributed by atoms with Crippen LogP contribution in [0.5, 0.6) is 5.75 Å². The van der Waals surface area contributed by atoms with Crippen molar-refractivity contribution >= 4 is 17.7 Å². The largest absolute Gasteiger partial charge is 0.497 e. The molecule has 29 heavy (non-hydrogen) atoms. The van der Waals surface area contributed by atoms with Crippen molar-refractivity contribution in [3.05, 3.63) is 41.2 Å². The van der Waals surface area contributed by atoms with Crippen molar-refractivity contribution < 1.29 is 29.0 Å². The predicted octanol–water partition coefficient (Wildman–Crippen LogP) is 2.25. The number of ether oxygens (including phenoxy) is 2. The van der Waals surface area contributed by atoms with Gasteiger partial charge in [-0.1, -0.05) is 12.1 Å². The van der Waals surface area contributed by atoms with Crippen LogP contribution in [0.1, 0.15) is 47.3 Å². The van der Waals surface area contributed by atoms with Crippen molar-refractivity contribution in [1.29, 1.82) is 0 Å². The maximum absolute atomic E-state index is 12.9. The molecular formula is C21H26N2O6. The second kappa shape index (κ2) is 8.91. The monoisotopic (exact) mass is 402 g/mol. The van der Waals surface area contributed by atoms with Crippen LogP contribution in [0.15, 0.2) is 24.3 Å². The number of aliphatic hydroxyl groups excluding tert-OH is 1. The molecule has 0 radical (unpaired) electrons. The fraction of sp³-hybridized carbons (Fsp3) is 0.381. The number of amides is 1. The van der Waals surface area contributed by atoms with E-state index in [1.165, 1.54) is 7.11 Å². The van der Waals surface area contributed by atoms with Gasteiger partial charge in [0.05, 0.1) is 31.4 Å². The van der Waals surface area contributed by atoms with Gasteiger partial charge in [-0.2, -0.15) is 0 Å². The Bertz CT molecular complexity index is 912. The molecule has 0 atom stereocenters. The molecule has 2 aromatic rings. The quantitative estimate of drug-likeness (QED) is 0.354. The Kier molecular flexibility index (Phi) is 6.81. The van der Waals surface area contributed by atoms with Crippen LogP contribution in [0.4, 0.5) is 0 Å². The topological polar surface area (TPSA) is 118 Å². The third-order valence-electron chi connectivity index (χ3n) is 4.33. The second-order valence-electron chi connectivity index (χ2n) is 7.15. The molecule has 2 rings (SSSR count). The zero-order chi connectivity index (χ0) is 21.8. The lowest BCUT2D eigenvalue weighted by molar-refractivity contribution is -0.119. The van der Waals surface area contributed by atoms with E-state index in [1.54, 1.807) is 52.0 Å². The Morgan fingerprint density at radius 3 is 2.31 bits per heavy atom. The number of H-pyrrole nitrogens is 1. The van der Waals surface area contributed by atoms with Gasteiger partial charge < -0.3 is 24.9 Å². The van der Waals surface area contributed by atoms with Gasteiger partial charge in [0.2, 0.25) is 0 Å². The molecule has 1 aromatic heterocycles. The molecule has 0 bridgehead atoms. The van der Waals surface area contributed by atoms with Crippen LogP contribution in [0.3, 0.4) is 0 Å². The third-order valence-corrected chi connectivity index (χ3v) is 4.33. The summed E-state index contributed by atoms with van der Waals surface area (Å²) >= 11 is 0. The van der Waals surface area contributed by atoms with E-state index in [4.69, 9.17) is 9.47 Å². The molecular weight excluding hydrogens is 376 g/mol. The molecule has 3 N–H and O–H groups in total. The molecule has 0 aliphatic rings. The van der Waals surface area contributed by atoms with Crippen LogP contribution in [-0.2, 0) is 9.53 Å². The molecule has 0 aliphatic heterocycles. The summed E-state index contributed by atoms with van der Waals surface area (Å²) in [5.41, 5.74) is 0.434. The van der Waals surface area contributed by atoms with Crippen molar-refractivity contribution in [2.24, 2.45) is 0 Å². The Morgan fingerprint density at radius 1 is 1.17 bits per heavy atom. The number of rotatable bonds is 8. The lowest BCUT2D eigenvalue weighted by Gasteiger charge is -2.22. The zero-order valence-electron chi connectivity index (χ0n) is 17.2. The molecule has 8 heteroatoms. The molecule has 0 saturated heterocycles. The highest BCUT2D eigenvalue weighted by molar-refractivity contribution is 6.44. The molecule has 8 nitrogen and oxygen atoms in total. The van der Waals surface area contributed by atoms with Crippen LogP contribution in [0, 0.1) is 6.92 Å². The maximum Gasteiger partial charge on any atom is 0.340 e. The Labute approximate surface area is 169 Å². The number of aryl methyl sites for hydroxylation is 1. The van der Waals surface area contributed by atoms with E-state index >= 15 is 0 Å². The molecule has 0 spiro atoms. The molecule has 1 heterocycles. The van der Waals surface area contributed by atoms with Crippen molar-refractivity contribution in [2.45, 2.75) is 33.2 Å². The molecule has 0 fully saturated rings. The maximum atomic E-state index is 12.9. The van der Waals surface area contributed by atoms with Crippen molar-refractivity contribution in [1.82, 2.24) is 10.3 Å². The number of carbonyl (C=O) groups is 3. The molecule has 0 aliphatic carbocycles. The summed E-state index contributed by atoms with van der Waals surface area (Å²) in [5, 5.41) is 11.8. The van der Waals surface area contributed by atoms with Crippen LogP contribution < -0.4 is 10.1 Å². The van der Waals surface area contributed by atoms with E-state index < -0.39 is 23.2 Å². The van der Waals surface area contributed by atoms with Crippen molar-refractivity contribution in [2.75, 3.05) is 20.3 Å². The summed E-state index contributed by atoms with van der Waals surface area (Å²) < 4.78 is 10.3. The molecule has 1 amide bonds. The number of aliphatic hydroxyl groups is 1. The number of benzene rings is 1. The number of Topliss-reactive ketones (excluding diaryl/α,β-unsaturated/α-hetero) is 1. The minimum atomic E-state index is -0.974. The number of ketones is 1. The summed E-state index contributed by atoms with van der Waals surface area (Å²) in [6.45, 7) is 6.32. The summed E-state index contributed by atoms with van der Waals surface area (Å²) in [6.07, 6.45) is 0. The highest BCUT2D eigenvalue weighted by atomic mass is 16.5. The highest BCUT2D eigenvalue weighted by Crippen LogP contribution is 2.32. The molecule has 0 unspecified atom stereocenters. The van der Waals surface area contributed by atoms with E-state index in [2.05, 4.69) is 10.3 Å². The minimum absolute atomic E-state index is 0.0260. The standard InChI is InChI=1S/C21H26N2O6/c1-6-29-20(27)15-12(2)22-17(18(25)19(26)23-21(3,4)11-24)16(15)13-7-9-14(28-5)10-8-13/h7-10,22,24H,6,11H2,1-5H3,(H,23,26). The lowest BCUT2D eigenvalue weighted by Crippen LogP contribution is -2.49. The van der Waals surface area contributed by atoms with Crippen LogP contribution in [-0.4, -0.2) is 53.6 Å².